The predicted molar refractivity (Wildman–Crippen MR) is 144 cm³/mol. The van der Waals surface area contributed by atoms with Gasteiger partial charge < -0.3 is 30.3 Å². The zero-order chi connectivity index (χ0) is 27.4. The number of aryl methyl sites for hydroxylation is 1. The van der Waals surface area contributed by atoms with Gasteiger partial charge in [-0.25, -0.2) is 15.0 Å². The van der Waals surface area contributed by atoms with E-state index < -0.39 is 6.10 Å². The van der Waals surface area contributed by atoms with Crippen LogP contribution in [-0.2, 0) is 7.05 Å². The molecule has 1 aliphatic carbocycles. The van der Waals surface area contributed by atoms with Crippen molar-refractivity contribution in [3.8, 4) is 22.9 Å². The molecule has 0 amide bonds. The number of aliphatic hydroxyl groups is 2. The van der Waals surface area contributed by atoms with Gasteiger partial charge in [0.25, 0.3) is 0 Å². The summed E-state index contributed by atoms with van der Waals surface area (Å²) in [7, 11) is 3.37. The minimum atomic E-state index is -0.964. The maximum Gasteiger partial charge on any atom is 0.184 e. The number of aliphatic hydroxyl groups excluding tert-OH is 2. The number of pyridine rings is 2. The molecule has 39 heavy (non-hydrogen) atoms. The molecule has 1 atom stereocenters. The molecule has 12 nitrogen and oxygen atoms in total. The van der Waals surface area contributed by atoms with Crippen molar-refractivity contribution in [2.24, 2.45) is 13.0 Å². The number of hydrogen-bond acceptors (Lipinski definition) is 11. The van der Waals surface area contributed by atoms with Gasteiger partial charge in [0.05, 0.1) is 42.4 Å². The van der Waals surface area contributed by atoms with Crippen LogP contribution in [0.3, 0.4) is 0 Å². The number of rotatable bonds is 12. The zero-order valence-corrected chi connectivity index (χ0v) is 21.5. The first kappa shape index (κ1) is 26.1. The molecule has 0 saturated heterocycles. The molecular weight excluding hydrogens is 502 g/mol. The number of anilines is 4. The topological polar surface area (TPSA) is 157 Å². The first-order valence-corrected chi connectivity index (χ1v) is 12.4. The van der Waals surface area contributed by atoms with E-state index in [4.69, 9.17) is 14.6 Å². The molecule has 4 N–H and O–H groups in total. The minimum Gasteiger partial charge on any atom is -0.494 e. The fourth-order valence-corrected chi connectivity index (χ4v) is 3.94. The SMILES string of the molecule is COc1c(Nc2cc(Nc3ccc(OC[C@H](O)CO)cn3)ncc2C(=O)C2CC2)cccc1-c1ncn(C)n1. The molecule has 1 aromatic carbocycles. The van der Waals surface area contributed by atoms with Crippen LogP contribution in [0.5, 0.6) is 11.5 Å². The van der Waals surface area contributed by atoms with E-state index in [0.717, 1.165) is 12.8 Å². The van der Waals surface area contributed by atoms with Crippen LogP contribution in [0.2, 0.25) is 0 Å². The largest absolute Gasteiger partial charge is 0.494 e. The van der Waals surface area contributed by atoms with Crippen molar-refractivity contribution >= 4 is 28.8 Å². The van der Waals surface area contributed by atoms with Crippen LogP contribution in [0.4, 0.5) is 23.0 Å². The number of ketones is 1. The molecule has 202 valence electrons. The van der Waals surface area contributed by atoms with Gasteiger partial charge in [0, 0.05) is 25.2 Å². The normalized spacial score (nSPS) is 13.5. The van der Waals surface area contributed by atoms with Crippen LogP contribution in [0.1, 0.15) is 23.2 Å². The van der Waals surface area contributed by atoms with Gasteiger partial charge in [-0.1, -0.05) is 6.07 Å². The van der Waals surface area contributed by atoms with Crippen molar-refractivity contribution in [1.29, 1.82) is 0 Å². The molecule has 5 rings (SSSR count). The van der Waals surface area contributed by atoms with Gasteiger partial charge in [-0.3, -0.25) is 9.48 Å². The number of nitrogens with one attached hydrogen (secondary N) is 2. The summed E-state index contributed by atoms with van der Waals surface area (Å²) >= 11 is 0. The van der Waals surface area contributed by atoms with Gasteiger partial charge in [-0.2, -0.15) is 5.10 Å². The van der Waals surface area contributed by atoms with E-state index in [1.54, 1.807) is 49.6 Å². The standard InChI is InChI=1S/C27H29N7O5/c1-34-15-30-27(33-34)19-4-3-5-21(26(19)38-2)31-22-10-24(29-12-20(22)25(37)16-6-7-16)32-23-9-8-18(11-28-23)39-14-17(36)13-35/h3-5,8-12,15-17,35-36H,6-7,13-14H2,1-2H3,(H2,28,29,31,32)/t17-/m1/s1. The highest BCUT2D eigenvalue weighted by molar-refractivity contribution is 6.04. The van der Waals surface area contributed by atoms with Crippen LogP contribution in [-0.4, -0.2) is 67.2 Å². The highest BCUT2D eigenvalue weighted by atomic mass is 16.5. The molecule has 3 heterocycles. The molecule has 0 spiro atoms. The van der Waals surface area contributed by atoms with E-state index in [1.165, 1.54) is 6.20 Å². The lowest BCUT2D eigenvalue weighted by atomic mass is 10.1. The smallest absolute Gasteiger partial charge is 0.184 e. The molecule has 4 aromatic rings. The lowest BCUT2D eigenvalue weighted by molar-refractivity contribution is 0.0535. The Hall–Kier alpha value is -4.55. The number of Topliss-reactive ketones (excluding diaryl/α,β-unsaturated/α-hetero) is 1. The number of ether oxygens (including phenoxy) is 2. The maximum atomic E-state index is 13.1. The highest BCUT2D eigenvalue weighted by Gasteiger charge is 2.32. The fourth-order valence-electron chi connectivity index (χ4n) is 3.94. The Morgan fingerprint density at radius 3 is 2.59 bits per heavy atom. The van der Waals surface area contributed by atoms with Gasteiger partial charge >= 0.3 is 0 Å². The molecule has 0 radical (unpaired) electrons. The van der Waals surface area contributed by atoms with E-state index in [0.29, 0.717) is 51.5 Å². The second-order valence-electron chi connectivity index (χ2n) is 9.16. The molecule has 12 heteroatoms. The Balaban J connectivity index is 1.42. The highest BCUT2D eigenvalue weighted by Crippen LogP contribution is 2.39. The van der Waals surface area contributed by atoms with Crippen molar-refractivity contribution in [2.75, 3.05) is 31.0 Å². The maximum absolute atomic E-state index is 13.1. The number of nitrogens with zero attached hydrogens (tertiary/aromatic N) is 5. The Kier molecular flexibility index (Phi) is 7.66. The fraction of sp³-hybridized carbons (Fsp3) is 0.296. The van der Waals surface area contributed by atoms with Gasteiger partial charge in [-0.05, 0) is 37.1 Å². The number of aromatic nitrogens is 5. The number of para-hydroxylation sites is 1. The molecule has 3 aromatic heterocycles. The van der Waals surface area contributed by atoms with E-state index in [-0.39, 0.29) is 24.9 Å². The number of hydrogen-bond donors (Lipinski definition) is 4. The van der Waals surface area contributed by atoms with E-state index in [1.807, 2.05) is 18.2 Å². The van der Waals surface area contributed by atoms with Gasteiger partial charge in [-0.15, -0.1) is 0 Å². The molecule has 0 aliphatic heterocycles. The van der Waals surface area contributed by atoms with Crippen LogP contribution in [0.15, 0.2) is 55.1 Å². The van der Waals surface area contributed by atoms with E-state index in [9.17, 15) is 9.90 Å². The average molecular weight is 532 g/mol. The lowest BCUT2D eigenvalue weighted by Crippen LogP contribution is -2.21. The molecule has 0 unspecified atom stereocenters. The summed E-state index contributed by atoms with van der Waals surface area (Å²) in [5.74, 6) is 2.55. The first-order chi connectivity index (χ1) is 18.9. The zero-order valence-electron chi connectivity index (χ0n) is 21.5. The summed E-state index contributed by atoms with van der Waals surface area (Å²) in [6, 6.07) is 10.7. The number of benzene rings is 1. The molecule has 1 saturated carbocycles. The average Bonchev–Trinajstić information content (AvgIpc) is 3.72. The number of methoxy groups -OCH3 is 1. The second kappa shape index (κ2) is 11.5. The monoisotopic (exact) mass is 531 g/mol. The molecular formula is C27H29N7O5. The molecule has 0 bridgehead atoms. The van der Waals surface area contributed by atoms with Crippen LogP contribution in [0, 0.1) is 5.92 Å². The Morgan fingerprint density at radius 1 is 1.10 bits per heavy atom. The summed E-state index contributed by atoms with van der Waals surface area (Å²) < 4.78 is 12.7. The first-order valence-electron chi connectivity index (χ1n) is 12.4. The Morgan fingerprint density at radius 2 is 1.92 bits per heavy atom. The van der Waals surface area contributed by atoms with Crippen molar-refractivity contribution in [3.05, 3.63) is 60.7 Å². The number of carbonyl (C=O) groups excluding carboxylic acids is 1. The summed E-state index contributed by atoms with van der Waals surface area (Å²) in [6.45, 7) is -0.427. The third-order valence-electron chi connectivity index (χ3n) is 6.09. The van der Waals surface area contributed by atoms with Crippen molar-refractivity contribution in [2.45, 2.75) is 18.9 Å². The molecule has 1 aliphatic rings. The van der Waals surface area contributed by atoms with Crippen LogP contribution >= 0.6 is 0 Å². The third-order valence-corrected chi connectivity index (χ3v) is 6.09. The van der Waals surface area contributed by atoms with Crippen molar-refractivity contribution in [3.63, 3.8) is 0 Å². The summed E-state index contributed by atoms with van der Waals surface area (Å²) in [4.78, 5) is 26.2. The van der Waals surface area contributed by atoms with Gasteiger partial charge in [0.1, 0.15) is 36.4 Å². The summed E-state index contributed by atoms with van der Waals surface area (Å²) in [5.41, 5.74) is 2.43. The second-order valence-corrected chi connectivity index (χ2v) is 9.16. The minimum absolute atomic E-state index is 0.00988. The Bertz CT molecular complexity index is 1450. The Labute approximate surface area is 224 Å². The van der Waals surface area contributed by atoms with Gasteiger partial charge in [0.15, 0.2) is 17.4 Å². The molecule has 1 fully saturated rings. The van der Waals surface area contributed by atoms with Crippen LogP contribution < -0.4 is 20.1 Å². The third kappa shape index (κ3) is 6.13. The predicted octanol–water partition coefficient (Wildman–Crippen LogP) is 3.09. The quantitative estimate of drug-likeness (QED) is 0.199. The lowest BCUT2D eigenvalue weighted by Gasteiger charge is -2.17. The van der Waals surface area contributed by atoms with Crippen molar-refractivity contribution < 1.29 is 24.5 Å². The summed E-state index contributed by atoms with van der Waals surface area (Å²) in [5, 5.41) is 29.3. The van der Waals surface area contributed by atoms with Gasteiger partial charge in [0.2, 0.25) is 0 Å². The number of carbonyl (C=O) groups is 1. The van der Waals surface area contributed by atoms with E-state index in [2.05, 4.69) is 30.7 Å². The van der Waals surface area contributed by atoms with Crippen molar-refractivity contribution in [1.82, 2.24) is 24.7 Å². The van der Waals surface area contributed by atoms with Crippen LogP contribution in [0.25, 0.3) is 11.4 Å². The summed E-state index contributed by atoms with van der Waals surface area (Å²) in [6.07, 6.45) is 5.46. The van der Waals surface area contributed by atoms with E-state index >= 15 is 0 Å².